The van der Waals surface area contributed by atoms with Gasteiger partial charge in [0.2, 0.25) is 0 Å². The van der Waals surface area contributed by atoms with Gasteiger partial charge >= 0.3 is 6.18 Å². The zero-order valence-corrected chi connectivity index (χ0v) is 17.8. The van der Waals surface area contributed by atoms with Crippen molar-refractivity contribution < 1.29 is 27.1 Å². The average molecular weight is 454 g/mol. The Balaban J connectivity index is 1.45. The molecule has 0 bridgehead atoms. The number of hydrogen-bond acceptors (Lipinski definition) is 4. The third kappa shape index (κ3) is 4.52. The summed E-state index contributed by atoms with van der Waals surface area (Å²) < 4.78 is 59.3. The lowest BCUT2D eigenvalue weighted by Crippen LogP contribution is -2.39. The van der Waals surface area contributed by atoms with Crippen molar-refractivity contribution in [1.82, 2.24) is 20.0 Å². The number of nitrogens with one attached hydrogen (secondary N) is 1. The molecule has 1 saturated heterocycles. The third-order valence-electron chi connectivity index (χ3n) is 6.38. The molecule has 1 aromatic carbocycles. The van der Waals surface area contributed by atoms with Crippen LogP contribution in [0.4, 0.5) is 17.6 Å². The molecule has 0 unspecified atom stereocenters. The molecule has 0 aliphatic carbocycles. The van der Waals surface area contributed by atoms with Crippen molar-refractivity contribution in [1.29, 1.82) is 0 Å². The molecule has 3 heterocycles. The number of likely N-dealkylation sites (tertiary alicyclic amines) is 1. The van der Waals surface area contributed by atoms with Crippen LogP contribution in [-0.2, 0) is 23.9 Å². The highest BCUT2D eigenvalue weighted by Crippen LogP contribution is 2.40. The first kappa shape index (κ1) is 22.7. The smallest absolute Gasteiger partial charge is 0.383 e. The number of benzene rings is 1. The van der Waals surface area contributed by atoms with E-state index in [1.165, 1.54) is 12.1 Å². The molecule has 0 atom stereocenters. The first-order valence-corrected chi connectivity index (χ1v) is 10.7. The maximum Gasteiger partial charge on any atom is 0.419 e. The van der Waals surface area contributed by atoms with Crippen molar-refractivity contribution >= 4 is 5.91 Å². The van der Waals surface area contributed by atoms with E-state index in [9.17, 15) is 22.4 Å². The van der Waals surface area contributed by atoms with E-state index in [-0.39, 0.29) is 11.5 Å². The lowest BCUT2D eigenvalue weighted by atomic mass is 9.86. The van der Waals surface area contributed by atoms with Gasteiger partial charge in [-0.05, 0) is 30.4 Å². The highest BCUT2D eigenvalue weighted by atomic mass is 19.4. The second-order valence-electron chi connectivity index (χ2n) is 8.32. The van der Waals surface area contributed by atoms with Crippen LogP contribution in [0.3, 0.4) is 0 Å². The third-order valence-corrected chi connectivity index (χ3v) is 6.38. The number of nitrogens with zero attached hydrogens (tertiary/aromatic N) is 3. The zero-order chi connectivity index (χ0) is 22.9. The molecule has 1 aromatic heterocycles. The number of aromatic nitrogens is 2. The fourth-order valence-corrected chi connectivity index (χ4v) is 4.66. The predicted octanol–water partition coefficient (Wildman–Crippen LogP) is 3.59. The highest BCUT2D eigenvalue weighted by Gasteiger charge is 2.39. The molecule has 2 aromatic rings. The Morgan fingerprint density at radius 3 is 2.69 bits per heavy atom. The topological polar surface area (TPSA) is 61.5 Å². The number of alkyl halides is 3. The second kappa shape index (κ2) is 9.19. The summed E-state index contributed by atoms with van der Waals surface area (Å²) in [5.41, 5.74) is 0.982. The van der Waals surface area contributed by atoms with Gasteiger partial charge in [0, 0.05) is 57.5 Å². The fourth-order valence-electron chi connectivity index (χ4n) is 4.66. The Bertz CT molecular complexity index is 967. The van der Waals surface area contributed by atoms with Crippen molar-refractivity contribution in [2.75, 3.05) is 39.9 Å². The number of rotatable bonds is 5. The second-order valence-corrected chi connectivity index (χ2v) is 8.32. The predicted molar refractivity (Wildman–Crippen MR) is 109 cm³/mol. The van der Waals surface area contributed by atoms with Crippen molar-refractivity contribution in [3.8, 4) is 0 Å². The van der Waals surface area contributed by atoms with E-state index in [4.69, 9.17) is 4.74 Å². The van der Waals surface area contributed by atoms with Crippen molar-refractivity contribution in [2.45, 2.75) is 37.9 Å². The minimum atomic E-state index is -4.75. The summed E-state index contributed by atoms with van der Waals surface area (Å²) >= 11 is 0. The Morgan fingerprint density at radius 2 is 2.00 bits per heavy atom. The number of fused-ring (bicyclic) bond motifs is 1. The average Bonchev–Trinajstić information content (AvgIpc) is 3.19. The molecule has 32 heavy (non-hydrogen) atoms. The van der Waals surface area contributed by atoms with Gasteiger partial charge in [-0.25, -0.2) is 4.39 Å². The van der Waals surface area contributed by atoms with E-state index in [0.29, 0.717) is 44.8 Å². The molecular weight excluding hydrogens is 428 g/mol. The van der Waals surface area contributed by atoms with Gasteiger partial charge in [0.15, 0.2) is 5.69 Å². The van der Waals surface area contributed by atoms with Crippen LogP contribution >= 0.6 is 0 Å². The first-order valence-electron chi connectivity index (χ1n) is 10.7. The Labute approximate surface area is 183 Å². The van der Waals surface area contributed by atoms with E-state index in [1.54, 1.807) is 12.0 Å². The molecule has 0 spiro atoms. The van der Waals surface area contributed by atoms with Crippen LogP contribution in [0.25, 0.3) is 0 Å². The molecule has 2 aliphatic heterocycles. The van der Waals surface area contributed by atoms with E-state index < -0.39 is 23.5 Å². The van der Waals surface area contributed by atoms with Crippen LogP contribution in [0.1, 0.15) is 51.6 Å². The number of hydrogen-bond donors (Lipinski definition) is 1. The minimum absolute atomic E-state index is 0.0319. The number of piperidine rings is 1. The lowest BCUT2D eigenvalue weighted by Gasteiger charge is -2.33. The minimum Gasteiger partial charge on any atom is -0.383 e. The molecule has 4 rings (SSSR count). The quantitative estimate of drug-likeness (QED) is 0.702. The lowest BCUT2D eigenvalue weighted by molar-refractivity contribution is -0.140. The largest absolute Gasteiger partial charge is 0.419 e. The summed E-state index contributed by atoms with van der Waals surface area (Å²) in [6, 6.07) is 3.48. The maximum absolute atomic E-state index is 14.0. The van der Waals surface area contributed by atoms with Gasteiger partial charge in [0.05, 0.1) is 12.2 Å². The molecule has 1 N–H and O–H groups in total. The summed E-state index contributed by atoms with van der Waals surface area (Å²) in [6.07, 6.45) is -3.31. The van der Waals surface area contributed by atoms with Gasteiger partial charge in [0.25, 0.3) is 5.91 Å². The summed E-state index contributed by atoms with van der Waals surface area (Å²) in [6.45, 7) is 3.41. The van der Waals surface area contributed by atoms with Gasteiger partial charge in [-0.15, -0.1) is 0 Å². The zero-order valence-electron chi connectivity index (χ0n) is 17.8. The SMILES string of the molecule is COCCN1CCc2[nH]nc(C(=O)N3CCC(c4cccc(F)c4C(F)(F)F)CC3)c2C1. The van der Waals surface area contributed by atoms with E-state index in [0.717, 1.165) is 36.8 Å². The van der Waals surface area contributed by atoms with Gasteiger partial charge in [-0.1, -0.05) is 12.1 Å². The van der Waals surface area contributed by atoms with Gasteiger partial charge in [0.1, 0.15) is 5.82 Å². The number of amides is 1. The van der Waals surface area contributed by atoms with Crippen LogP contribution in [0, 0.1) is 5.82 Å². The monoisotopic (exact) mass is 454 g/mol. The molecule has 0 radical (unpaired) electrons. The Hall–Kier alpha value is -2.46. The molecule has 10 heteroatoms. The highest BCUT2D eigenvalue weighted by molar-refractivity contribution is 5.94. The number of H-pyrrole nitrogens is 1. The molecule has 0 saturated carbocycles. The molecule has 174 valence electrons. The fraction of sp³-hybridized carbons (Fsp3) is 0.545. The number of carbonyl (C=O) groups is 1. The number of carbonyl (C=O) groups excluding carboxylic acids is 1. The number of aromatic amines is 1. The van der Waals surface area contributed by atoms with Crippen LogP contribution in [0.15, 0.2) is 18.2 Å². The molecule has 1 amide bonds. The van der Waals surface area contributed by atoms with Gasteiger partial charge in [-0.2, -0.15) is 18.3 Å². The standard InChI is InChI=1S/C22H26F4N4O2/c1-32-12-11-29-8-7-18-16(13-29)20(28-27-18)21(31)30-9-5-14(6-10-30)15-3-2-4-17(23)19(15)22(24,25)26/h2-4,14H,5-13H2,1H3,(H,27,28). The van der Waals surface area contributed by atoms with E-state index >= 15 is 0 Å². The van der Waals surface area contributed by atoms with Gasteiger partial charge < -0.3 is 9.64 Å². The number of methoxy groups -OCH3 is 1. The van der Waals surface area contributed by atoms with Crippen molar-refractivity contribution in [3.63, 3.8) is 0 Å². The van der Waals surface area contributed by atoms with Crippen molar-refractivity contribution in [3.05, 3.63) is 52.1 Å². The number of halogens is 4. The summed E-state index contributed by atoms with van der Waals surface area (Å²) in [5, 5.41) is 7.22. The van der Waals surface area contributed by atoms with E-state index in [2.05, 4.69) is 15.1 Å². The van der Waals surface area contributed by atoms with Crippen LogP contribution < -0.4 is 0 Å². The Morgan fingerprint density at radius 1 is 1.25 bits per heavy atom. The van der Waals surface area contributed by atoms with Crippen LogP contribution in [0.5, 0.6) is 0 Å². The molecular formula is C22H26F4N4O2. The summed E-state index contributed by atoms with van der Waals surface area (Å²) in [5.74, 6) is -1.93. The molecule has 6 nitrogen and oxygen atoms in total. The summed E-state index contributed by atoms with van der Waals surface area (Å²) in [7, 11) is 1.65. The first-order chi connectivity index (χ1) is 15.3. The maximum atomic E-state index is 14.0. The van der Waals surface area contributed by atoms with Crippen LogP contribution in [0.2, 0.25) is 0 Å². The number of ether oxygens (including phenoxy) is 1. The van der Waals surface area contributed by atoms with Crippen molar-refractivity contribution in [2.24, 2.45) is 0 Å². The van der Waals surface area contributed by atoms with Crippen LogP contribution in [-0.4, -0.2) is 65.8 Å². The van der Waals surface area contributed by atoms with E-state index in [1.807, 2.05) is 0 Å². The Kier molecular flexibility index (Phi) is 6.52. The molecule has 2 aliphatic rings. The molecule has 1 fully saturated rings. The normalized spacial score (nSPS) is 18.1. The van der Waals surface area contributed by atoms with Gasteiger partial charge in [-0.3, -0.25) is 14.8 Å². The summed E-state index contributed by atoms with van der Waals surface area (Å²) in [4.78, 5) is 17.0.